The van der Waals surface area contributed by atoms with Gasteiger partial charge >= 0.3 is 5.97 Å². The molecular formula is C31H42N2O9. The molecule has 230 valence electrons. The second kappa shape index (κ2) is 10.9. The van der Waals surface area contributed by atoms with E-state index in [9.17, 15) is 9.59 Å². The molecule has 0 N–H and O–H groups in total. The molecule has 8 atom stereocenters. The Morgan fingerprint density at radius 2 is 1.79 bits per heavy atom. The van der Waals surface area contributed by atoms with Crippen molar-refractivity contribution in [2.24, 2.45) is 23.7 Å². The normalized spacial score (nSPS) is 39.0. The maximum absolute atomic E-state index is 13.0. The number of piperazine rings is 1. The Balaban J connectivity index is 0.904. The quantitative estimate of drug-likeness (QED) is 0.363. The van der Waals surface area contributed by atoms with E-state index in [1.165, 1.54) is 0 Å². The van der Waals surface area contributed by atoms with Crippen LogP contribution in [0.3, 0.4) is 0 Å². The van der Waals surface area contributed by atoms with Crippen molar-refractivity contribution >= 4 is 11.9 Å². The van der Waals surface area contributed by atoms with Crippen LogP contribution in [0.15, 0.2) is 18.2 Å². The largest absolute Gasteiger partial charge is 0.454 e. The van der Waals surface area contributed by atoms with E-state index in [0.29, 0.717) is 19.0 Å². The molecule has 6 aliphatic heterocycles. The zero-order chi connectivity index (χ0) is 29.1. The van der Waals surface area contributed by atoms with E-state index in [1.54, 1.807) is 0 Å². The van der Waals surface area contributed by atoms with Crippen molar-refractivity contribution in [3.8, 4) is 11.5 Å². The lowest BCUT2D eigenvalue weighted by molar-refractivity contribution is -0.576. The number of carbonyl (C=O) groups excluding carboxylic acids is 2. The average Bonchev–Trinajstić information content (AvgIpc) is 3.33. The van der Waals surface area contributed by atoms with Gasteiger partial charge in [-0.15, -0.1) is 0 Å². The van der Waals surface area contributed by atoms with Gasteiger partial charge in [-0.3, -0.25) is 14.5 Å². The van der Waals surface area contributed by atoms with Crippen molar-refractivity contribution < 1.29 is 43.0 Å². The van der Waals surface area contributed by atoms with Crippen LogP contribution >= 0.6 is 0 Å². The van der Waals surface area contributed by atoms with Crippen molar-refractivity contribution in [3.63, 3.8) is 0 Å². The number of nitrogens with zero attached hydrogens (tertiary/aromatic N) is 2. The number of hydrogen-bond donors (Lipinski definition) is 0. The van der Waals surface area contributed by atoms with E-state index in [1.807, 2.05) is 30.0 Å². The third-order valence-corrected chi connectivity index (χ3v) is 10.5. The van der Waals surface area contributed by atoms with Crippen molar-refractivity contribution in [2.75, 3.05) is 33.0 Å². The van der Waals surface area contributed by atoms with Crippen molar-refractivity contribution in [1.29, 1.82) is 0 Å². The van der Waals surface area contributed by atoms with Crippen LogP contribution in [0.1, 0.15) is 64.9 Å². The summed E-state index contributed by atoms with van der Waals surface area (Å²) < 4.78 is 29.4. The summed E-state index contributed by atoms with van der Waals surface area (Å²) in [6.07, 6.45) is 2.38. The van der Waals surface area contributed by atoms with Gasteiger partial charge in [-0.25, -0.2) is 9.78 Å². The zero-order valence-corrected chi connectivity index (χ0v) is 24.8. The second-order valence-electron chi connectivity index (χ2n) is 13.1. The average molecular weight is 587 g/mol. The summed E-state index contributed by atoms with van der Waals surface area (Å²) in [5, 5.41) is 0. The predicted octanol–water partition coefficient (Wildman–Crippen LogP) is 3.59. The first kappa shape index (κ1) is 28.3. The van der Waals surface area contributed by atoms with Crippen LogP contribution in [0.25, 0.3) is 0 Å². The minimum atomic E-state index is -0.881. The van der Waals surface area contributed by atoms with Gasteiger partial charge in [-0.2, -0.15) is 0 Å². The highest BCUT2D eigenvalue weighted by atomic mass is 17.3. The predicted molar refractivity (Wildman–Crippen MR) is 147 cm³/mol. The maximum atomic E-state index is 13.0. The SMILES string of the molecule is C[C@H]1[C@H](OC(=O)CCC(=O)N2CCN(Cc3ccc4c(c3)OCO4)CC2)O[C@@H]2O[C@]3(C)CC[C@@H]4[C@H](C)CC[C@@H]1[C@@]24OO3. The van der Waals surface area contributed by atoms with Gasteiger partial charge in [-0.05, 0) is 55.7 Å². The zero-order valence-electron chi connectivity index (χ0n) is 24.8. The fourth-order valence-corrected chi connectivity index (χ4v) is 8.02. The summed E-state index contributed by atoms with van der Waals surface area (Å²) in [7, 11) is 0. The van der Waals surface area contributed by atoms with Crippen molar-refractivity contribution in [3.05, 3.63) is 23.8 Å². The van der Waals surface area contributed by atoms with Gasteiger partial charge in [0.05, 0.1) is 6.42 Å². The molecule has 11 heteroatoms. The van der Waals surface area contributed by atoms with Gasteiger partial charge in [0, 0.05) is 57.4 Å². The summed E-state index contributed by atoms with van der Waals surface area (Å²) in [4.78, 5) is 42.1. The number of benzene rings is 1. The molecule has 0 unspecified atom stereocenters. The van der Waals surface area contributed by atoms with E-state index >= 15 is 0 Å². The number of ether oxygens (including phenoxy) is 5. The summed E-state index contributed by atoms with van der Waals surface area (Å²) in [5.74, 6) is 0.913. The van der Waals surface area contributed by atoms with Crippen LogP contribution in [0, 0.1) is 23.7 Å². The first-order chi connectivity index (χ1) is 20.2. The minimum absolute atomic E-state index is 0.0150. The van der Waals surface area contributed by atoms with Crippen LogP contribution in [-0.2, 0) is 40.1 Å². The van der Waals surface area contributed by atoms with Gasteiger partial charge in [0.15, 0.2) is 23.4 Å². The molecule has 5 saturated heterocycles. The molecular weight excluding hydrogens is 544 g/mol. The summed E-state index contributed by atoms with van der Waals surface area (Å²) >= 11 is 0. The molecule has 0 radical (unpaired) electrons. The molecule has 1 aliphatic carbocycles. The number of rotatable bonds is 6. The number of hydrogen-bond acceptors (Lipinski definition) is 10. The van der Waals surface area contributed by atoms with E-state index in [2.05, 4.69) is 18.7 Å². The summed E-state index contributed by atoms with van der Waals surface area (Å²) in [6.45, 7) is 10.0. The number of esters is 1. The molecule has 1 spiro atoms. The Hall–Kier alpha value is -2.44. The van der Waals surface area contributed by atoms with Gasteiger partial charge in [0.2, 0.25) is 24.8 Å². The topological polar surface area (TPSA) is 105 Å². The molecule has 6 heterocycles. The first-order valence-electron chi connectivity index (χ1n) is 15.5. The highest BCUT2D eigenvalue weighted by molar-refractivity contribution is 5.81. The third kappa shape index (κ3) is 4.96. The Morgan fingerprint density at radius 1 is 0.976 bits per heavy atom. The Bertz CT molecular complexity index is 1200. The molecule has 11 nitrogen and oxygen atoms in total. The van der Waals surface area contributed by atoms with E-state index < -0.39 is 29.9 Å². The Kier molecular flexibility index (Phi) is 7.37. The van der Waals surface area contributed by atoms with Crippen LogP contribution < -0.4 is 9.47 Å². The summed E-state index contributed by atoms with van der Waals surface area (Å²) in [5.41, 5.74) is 0.456. The van der Waals surface area contributed by atoms with Crippen LogP contribution in [0.4, 0.5) is 0 Å². The molecule has 1 saturated carbocycles. The number of carbonyl (C=O) groups is 2. The molecule has 42 heavy (non-hydrogen) atoms. The van der Waals surface area contributed by atoms with Crippen LogP contribution in [0.2, 0.25) is 0 Å². The fourth-order valence-electron chi connectivity index (χ4n) is 8.02. The minimum Gasteiger partial charge on any atom is -0.454 e. The van der Waals surface area contributed by atoms with E-state index in [-0.39, 0.29) is 43.3 Å². The van der Waals surface area contributed by atoms with Crippen molar-refractivity contribution in [2.45, 2.75) is 89.8 Å². The lowest BCUT2D eigenvalue weighted by Gasteiger charge is -2.59. The molecule has 1 aromatic rings. The molecule has 1 aromatic carbocycles. The molecule has 7 aliphatic rings. The van der Waals surface area contributed by atoms with Crippen LogP contribution in [0.5, 0.6) is 11.5 Å². The Labute approximate surface area is 246 Å². The fraction of sp³-hybridized carbons (Fsp3) is 0.742. The van der Waals surface area contributed by atoms with Crippen molar-refractivity contribution in [1.82, 2.24) is 9.80 Å². The van der Waals surface area contributed by atoms with Gasteiger partial charge in [0.1, 0.15) is 0 Å². The number of fused-ring (bicyclic) bond motifs is 3. The molecule has 6 fully saturated rings. The highest BCUT2D eigenvalue weighted by Crippen LogP contribution is 2.60. The second-order valence-corrected chi connectivity index (χ2v) is 13.1. The van der Waals surface area contributed by atoms with Gasteiger partial charge in [-0.1, -0.05) is 19.9 Å². The van der Waals surface area contributed by atoms with Crippen LogP contribution in [-0.4, -0.2) is 78.6 Å². The lowest BCUT2D eigenvalue weighted by atomic mass is 9.58. The molecule has 0 aromatic heterocycles. The monoisotopic (exact) mass is 586 g/mol. The number of amides is 1. The summed E-state index contributed by atoms with van der Waals surface area (Å²) in [6, 6.07) is 6.01. The van der Waals surface area contributed by atoms with E-state index in [4.69, 9.17) is 33.5 Å². The first-order valence-corrected chi connectivity index (χ1v) is 15.5. The molecule has 1 amide bonds. The van der Waals surface area contributed by atoms with Gasteiger partial charge in [0.25, 0.3) is 0 Å². The standard InChI is InChI=1S/C31H42N2O9/c1-19-4-6-23-20(2)28(39-29-31(23)22(19)10-11-30(3,40-29)41-42-31)38-27(35)9-8-26(34)33-14-12-32(13-15-33)17-21-5-7-24-25(16-21)37-18-36-24/h5,7,16,19-20,22-23,28-29H,4,6,8-15,17-18H2,1-3H3/t19-,20-,22-,23+,28-,29-,30+,31-/m1/s1. The third-order valence-electron chi connectivity index (χ3n) is 10.5. The maximum Gasteiger partial charge on any atom is 0.308 e. The smallest absolute Gasteiger partial charge is 0.308 e. The molecule has 8 rings (SSSR count). The van der Waals surface area contributed by atoms with E-state index in [0.717, 1.165) is 62.4 Å². The Morgan fingerprint density at radius 3 is 2.62 bits per heavy atom. The lowest BCUT2D eigenvalue weighted by Crippen LogP contribution is -2.70. The van der Waals surface area contributed by atoms with Gasteiger partial charge < -0.3 is 28.6 Å². The highest BCUT2D eigenvalue weighted by Gasteiger charge is 2.69. The molecule has 2 bridgehead atoms.